The lowest BCUT2D eigenvalue weighted by atomic mass is 9.47. The lowest BCUT2D eigenvalue weighted by molar-refractivity contribution is -0.0425. The Kier molecular flexibility index (Phi) is 3.87. The molecule has 134 valence electrons. The van der Waals surface area contributed by atoms with Gasteiger partial charge >= 0.3 is 0 Å². The molecule has 4 aliphatic carbocycles. The van der Waals surface area contributed by atoms with Gasteiger partial charge in [0.15, 0.2) is 0 Å². The van der Waals surface area contributed by atoms with Crippen LogP contribution in [0.15, 0.2) is 16.8 Å². The molecule has 7 atom stereocenters. The minimum Gasteiger partial charge on any atom is -0.411 e. The minimum atomic E-state index is -0.117. The zero-order chi connectivity index (χ0) is 17.1. The Bertz CT molecular complexity index is 582. The smallest absolute Gasteiger partial charge is 0.0577 e. The van der Waals surface area contributed by atoms with E-state index >= 15 is 0 Å². The summed E-state index contributed by atoms with van der Waals surface area (Å²) >= 11 is 0. The molecule has 24 heavy (non-hydrogen) atoms. The molecule has 0 radical (unpaired) electrons. The van der Waals surface area contributed by atoms with Gasteiger partial charge in [-0.1, -0.05) is 30.7 Å². The van der Waals surface area contributed by atoms with Crippen LogP contribution in [-0.4, -0.2) is 22.1 Å². The first-order chi connectivity index (χ1) is 11.4. The fourth-order valence-corrected chi connectivity index (χ4v) is 7.40. The normalized spacial score (nSPS) is 51.4. The molecule has 2 N–H and O–H groups in total. The second-order valence-corrected chi connectivity index (χ2v) is 9.57. The van der Waals surface area contributed by atoms with Crippen LogP contribution in [0.5, 0.6) is 0 Å². The van der Waals surface area contributed by atoms with E-state index in [1.54, 1.807) is 5.57 Å². The third kappa shape index (κ3) is 2.16. The van der Waals surface area contributed by atoms with E-state index in [2.05, 4.69) is 25.1 Å². The molecular formula is C21H33NO2. The SMILES string of the molecule is C/C(=N\O)C1CCC2C3CC=C4C[C@@H](O)CC[C@]4(C)C3CC[C@]12C. The maximum absolute atomic E-state index is 10.1. The molecule has 3 fully saturated rings. The predicted octanol–water partition coefficient (Wildman–Crippen LogP) is 4.78. The van der Waals surface area contributed by atoms with E-state index in [1.165, 1.54) is 32.1 Å². The van der Waals surface area contributed by atoms with E-state index in [0.717, 1.165) is 42.7 Å². The van der Waals surface area contributed by atoms with Gasteiger partial charge in [-0.2, -0.15) is 0 Å². The molecule has 3 nitrogen and oxygen atoms in total. The first-order valence-electron chi connectivity index (χ1n) is 9.96. The van der Waals surface area contributed by atoms with Crippen molar-refractivity contribution in [2.75, 3.05) is 0 Å². The van der Waals surface area contributed by atoms with Crippen LogP contribution >= 0.6 is 0 Å². The molecule has 3 saturated carbocycles. The summed E-state index contributed by atoms with van der Waals surface area (Å²) in [6.45, 7) is 6.95. The van der Waals surface area contributed by atoms with Crippen molar-refractivity contribution >= 4 is 5.71 Å². The van der Waals surface area contributed by atoms with Gasteiger partial charge in [-0.3, -0.25) is 0 Å². The van der Waals surface area contributed by atoms with E-state index in [-0.39, 0.29) is 6.10 Å². The zero-order valence-corrected chi connectivity index (χ0v) is 15.5. The molecule has 0 amide bonds. The summed E-state index contributed by atoms with van der Waals surface area (Å²) in [6.07, 6.45) is 11.7. The van der Waals surface area contributed by atoms with Crippen LogP contribution in [0.25, 0.3) is 0 Å². The second-order valence-electron chi connectivity index (χ2n) is 9.57. The maximum Gasteiger partial charge on any atom is 0.0577 e. The van der Waals surface area contributed by atoms with Gasteiger partial charge in [0, 0.05) is 5.92 Å². The minimum absolute atomic E-state index is 0.117. The molecule has 0 aromatic carbocycles. The largest absolute Gasteiger partial charge is 0.411 e. The van der Waals surface area contributed by atoms with Gasteiger partial charge < -0.3 is 10.3 Å². The van der Waals surface area contributed by atoms with Gasteiger partial charge in [0.2, 0.25) is 0 Å². The van der Waals surface area contributed by atoms with E-state index in [4.69, 9.17) is 0 Å². The summed E-state index contributed by atoms with van der Waals surface area (Å²) in [5, 5.41) is 23.0. The van der Waals surface area contributed by atoms with Gasteiger partial charge in [-0.25, -0.2) is 0 Å². The molecule has 0 aliphatic heterocycles. The summed E-state index contributed by atoms with van der Waals surface area (Å²) in [5.74, 6) is 2.79. The Morgan fingerprint density at radius 3 is 2.67 bits per heavy atom. The van der Waals surface area contributed by atoms with Crippen LogP contribution in [0.3, 0.4) is 0 Å². The lowest BCUT2D eigenvalue weighted by Crippen LogP contribution is -2.50. The Hall–Kier alpha value is -0.830. The predicted molar refractivity (Wildman–Crippen MR) is 96.1 cm³/mol. The maximum atomic E-state index is 10.1. The Labute approximate surface area is 146 Å². The molecular weight excluding hydrogens is 298 g/mol. The molecule has 0 bridgehead atoms. The van der Waals surface area contributed by atoms with Crippen molar-refractivity contribution in [2.45, 2.75) is 78.2 Å². The zero-order valence-electron chi connectivity index (χ0n) is 15.5. The number of fused-ring (bicyclic) bond motifs is 5. The monoisotopic (exact) mass is 331 g/mol. The number of rotatable bonds is 1. The highest BCUT2D eigenvalue weighted by molar-refractivity contribution is 5.85. The first kappa shape index (κ1) is 16.6. The van der Waals surface area contributed by atoms with Gasteiger partial charge in [0.1, 0.15) is 0 Å². The number of hydrogen-bond acceptors (Lipinski definition) is 3. The van der Waals surface area contributed by atoms with E-state index in [0.29, 0.717) is 16.7 Å². The van der Waals surface area contributed by atoms with Gasteiger partial charge in [-0.05, 0) is 86.9 Å². The van der Waals surface area contributed by atoms with Crippen molar-refractivity contribution in [3.05, 3.63) is 11.6 Å². The summed E-state index contributed by atoms with van der Waals surface area (Å²) in [6, 6.07) is 0. The highest BCUT2D eigenvalue weighted by atomic mass is 16.4. The molecule has 3 heteroatoms. The topological polar surface area (TPSA) is 52.8 Å². The summed E-state index contributed by atoms with van der Waals surface area (Å²) in [4.78, 5) is 0. The molecule has 0 saturated heterocycles. The Balaban J connectivity index is 1.65. The van der Waals surface area contributed by atoms with E-state index in [9.17, 15) is 10.3 Å². The van der Waals surface area contributed by atoms with Crippen molar-refractivity contribution in [1.82, 2.24) is 0 Å². The summed E-state index contributed by atoms with van der Waals surface area (Å²) in [5.41, 5.74) is 3.13. The quantitative estimate of drug-likeness (QED) is 0.314. The fraction of sp³-hybridized carbons (Fsp3) is 0.857. The van der Waals surface area contributed by atoms with E-state index < -0.39 is 0 Å². The van der Waals surface area contributed by atoms with Crippen LogP contribution in [0.2, 0.25) is 0 Å². The number of allylic oxidation sites excluding steroid dienone is 1. The average Bonchev–Trinajstić information content (AvgIpc) is 2.92. The Morgan fingerprint density at radius 1 is 1.12 bits per heavy atom. The highest BCUT2D eigenvalue weighted by Gasteiger charge is 2.59. The molecule has 4 unspecified atom stereocenters. The third-order valence-electron chi connectivity index (χ3n) is 8.74. The van der Waals surface area contributed by atoms with Crippen LogP contribution < -0.4 is 0 Å². The van der Waals surface area contributed by atoms with Crippen LogP contribution in [0.1, 0.15) is 72.1 Å². The van der Waals surface area contributed by atoms with Crippen molar-refractivity contribution in [3.63, 3.8) is 0 Å². The van der Waals surface area contributed by atoms with Gasteiger partial charge in [0.05, 0.1) is 11.8 Å². The highest BCUT2D eigenvalue weighted by Crippen LogP contribution is 2.66. The van der Waals surface area contributed by atoms with Crippen molar-refractivity contribution < 1.29 is 10.3 Å². The molecule has 0 heterocycles. The number of aliphatic hydroxyl groups excluding tert-OH is 1. The van der Waals surface area contributed by atoms with Crippen LogP contribution in [0.4, 0.5) is 0 Å². The van der Waals surface area contributed by atoms with Gasteiger partial charge in [0.25, 0.3) is 0 Å². The molecule has 0 spiro atoms. The van der Waals surface area contributed by atoms with Crippen molar-refractivity contribution in [1.29, 1.82) is 0 Å². The van der Waals surface area contributed by atoms with Crippen LogP contribution in [0, 0.1) is 34.5 Å². The van der Waals surface area contributed by atoms with Crippen LogP contribution in [-0.2, 0) is 0 Å². The average molecular weight is 332 g/mol. The van der Waals surface area contributed by atoms with Crippen molar-refractivity contribution in [3.8, 4) is 0 Å². The number of aliphatic hydroxyl groups is 1. The third-order valence-corrected chi connectivity index (χ3v) is 8.74. The molecule has 4 rings (SSSR count). The lowest BCUT2D eigenvalue weighted by Gasteiger charge is -2.58. The van der Waals surface area contributed by atoms with E-state index in [1.807, 2.05) is 6.92 Å². The summed E-state index contributed by atoms with van der Waals surface area (Å²) in [7, 11) is 0. The number of hydrogen-bond donors (Lipinski definition) is 2. The molecule has 0 aromatic rings. The van der Waals surface area contributed by atoms with Gasteiger partial charge in [-0.15, -0.1) is 0 Å². The van der Waals surface area contributed by atoms with Crippen molar-refractivity contribution in [2.24, 2.45) is 39.7 Å². The first-order valence-corrected chi connectivity index (χ1v) is 9.96. The molecule has 4 aliphatic rings. The number of nitrogens with zero attached hydrogens (tertiary/aromatic N) is 1. The second kappa shape index (κ2) is 5.59. The summed E-state index contributed by atoms with van der Waals surface area (Å²) < 4.78 is 0. The fourth-order valence-electron chi connectivity index (χ4n) is 7.40. The Morgan fingerprint density at radius 2 is 1.92 bits per heavy atom. The standard InChI is InChI=1S/C21H33NO2/c1-13(22-24)17-6-7-18-16-5-4-14-12-15(23)8-10-20(14,2)19(16)9-11-21(17,18)3/h4,15-19,23-24H,5-12H2,1-3H3/b22-13+/t15-,16?,17?,18?,19?,20-,21+/m0/s1. The number of oxime groups is 1. The molecule has 0 aromatic heterocycles.